The molecule has 0 bridgehead atoms. The Morgan fingerprint density at radius 3 is 2.27 bits per heavy atom. The minimum absolute atomic E-state index is 0.0299. The summed E-state index contributed by atoms with van der Waals surface area (Å²) in [6, 6.07) is 3.47. The average molecular weight is 585 g/mol. The highest BCUT2D eigenvalue weighted by Gasteiger charge is 2.30. The van der Waals surface area contributed by atoms with Gasteiger partial charge in [-0.3, -0.25) is 19.2 Å². The quantitative estimate of drug-likeness (QED) is 0.200. The molecule has 1 unspecified atom stereocenters. The van der Waals surface area contributed by atoms with Crippen molar-refractivity contribution >= 4 is 40.0 Å². The number of nitrogens with one attached hydrogen (secondary N) is 1. The number of halogens is 5. The first-order chi connectivity index (χ1) is 18.8. The zero-order valence-corrected chi connectivity index (χ0v) is 22.4. The van der Waals surface area contributed by atoms with Crippen molar-refractivity contribution in [3.05, 3.63) is 75.2 Å². The van der Waals surface area contributed by atoms with E-state index in [0.29, 0.717) is 10.4 Å². The molecule has 0 saturated carbocycles. The van der Waals surface area contributed by atoms with Gasteiger partial charge in [0.1, 0.15) is 18.7 Å². The Bertz CT molecular complexity index is 1480. The highest BCUT2D eigenvalue weighted by molar-refractivity contribution is 6.31. The molecule has 2 aromatic carbocycles. The summed E-state index contributed by atoms with van der Waals surface area (Å²) in [6.07, 6.45) is 0.210. The number of ketones is 1. The van der Waals surface area contributed by atoms with Crippen LogP contribution in [-0.2, 0) is 19.1 Å². The van der Waals surface area contributed by atoms with E-state index in [1.54, 1.807) is 39.0 Å². The second-order valence-corrected chi connectivity index (χ2v) is 9.48. The van der Waals surface area contributed by atoms with Gasteiger partial charge in [-0.05, 0) is 43.9 Å². The number of carbonyl (C=O) groups excluding carboxylic acids is 3. The largest absolute Gasteiger partial charge is 0.479 e. The lowest BCUT2D eigenvalue weighted by molar-refractivity contribution is -0.149. The molecule has 0 radical (unpaired) electrons. The Morgan fingerprint density at radius 2 is 1.68 bits per heavy atom. The van der Waals surface area contributed by atoms with E-state index in [2.05, 4.69) is 5.32 Å². The maximum atomic E-state index is 14.0. The zero-order chi connectivity index (χ0) is 29.7. The number of esters is 1. The number of fused-ring (bicyclic) bond motifs is 1. The molecular formula is C27H25ClF4N2O6. The van der Waals surface area contributed by atoms with E-state index in [1.165, 1.54) is 12.3 Å². The van der Waals surface area contributed by atoms with Crippen LogP contribution in [0.1, 0.15) is 39.7 Å². The number of hydrogen-bond donors (Lipinski definition) is 1. The lowest BCUT2D eigenvalue weighted by atomic mass is 10.1. The molecule has 0 aliphatic rings. The second-order valence-electron chi connectivity index (χ2n) is 9.04. The fourth-order valence-electron chi connectivity index (χ4n) is 3.89. The molecular weight excluding hydrogens is 560 g/mol. The van der Waals surface area contributed by atoms with Gasteiger partial charge in [-0.15, -0.1) is 0 Å². The van der Waals surface area contributed by atoms with Crippen molar-refractivity contribution in [2.24, 2.45) is 0 Å². The summed E-state index contributed by atoms with van der Waals surface area (Å²) >= 11 is 6.01. The first-order valence-electron chi connectivity index (χ1n) is 12.1. The molecule has 0 aliphatic heterocycles. The van der Waals surface area contributed by atoms with Gasteiger partial charge in [0.15, 0.2) is 23.2 Å². The number of pyridine rings is 1. The number of benzene rings is 2. The Morgan fingerprint density at radius 1 is 1.02 bits per heavy atom. The molecule has 0 spiro atoms. The molecule has 0 fully saturated rings. The number of ether oxygens (including phenoxy) is 2. The van der Waals surface area contributed by atoms with Gasteiger partial charge in [-0.1, -0.05) is 24.6 Å². The molecule has 0 saturated heterocycles. The van der Waals surface area contributed by atoms with Crippen LogP contribution in [0.4, 0.5) is 17.6 Å². The number of Topliss-reactive ketones (excluding diaryl/α,β-unsaturated/α-hetero) is 1. The van der Waals surface area contributed by atoms with E-state index >= 15 is 0 Å². The van der Waals surface area contributed by atoms with Gasteiger partial charge in [-0.25, -0.2) is 8.78 Å². The van der Waals surface area contributed by atoms with Crippen LogP contribution in [0.5, 0.6) is 5.75 Å². The fraction of sp³-hybridized carbons (Fsp3) is 0.333. The molecule has 13 heteroatoms. The van der Waals surface area contributed by atoms with E-state index < -0.39 is 83.5 Å². The molecule has 214 valence electrons. The van der Waals surface area contributed by atoms with Crippen LogP contribution in [0.25, 0.3) is 10.8 Å². The highest BCUT2D eigenvalue weighted by atomic mass is 35.5. The first-order valence-corrected chi connectivity index (χ1v) is 12.5. The van der Waals surface area contributed by atoms with Gasteiger partial charge in [0.2, 0.25) is 17.5 Å². The minimum Gasteiger partial charge on any atom is -0.479 e. The van der Waals surface area contributed by atoms with Gasteiger partial charge in [0, 0.05) is 22.7 Å². The summed E-state index contributed by atoms with van der Waals surface area (Å²) in [5, 5.41) is 3.48. The standard InChI is InChI=1S/C27H25ClF4N2O6/c1-4-20(34-8-7-14-5-6-15(28)9-16(14)27(34)38)26(37)33-19(11-22(36)40-13(2)3)21(35)12-39-25-23(31)17(29)10-18(30)24(25)32/h5-10,13,19-20H,4,11-12H2,1-3H3,(H,33,37)/t19-,20?/m0/s1. The number of rotatable bonds is 11. The smallest absolute Gasteiger partial charge is 0.308 e. The van der Waals surface area contributed by atoms with Gasteiger partial charge in [-0.2, -0.15) is 8.78 Å². The van der Waals surface area contributed by atoms with Crippen molar-refractivity contribution in [3.63, 3.8) is 0 Å². The van der Waals surface area contributed by atoms with Crippen molar-refractivity contribution in [2.45, 2.75) is 51.8 Å². The Kier molecular flexibility index (Phi) is 9.91. The molecule has 0 aliphatic carbocycles. The van der Waals surface area contributed by atoms with Crippen LogP contribution in [0.15, 0.2) is 41.3 Å². The maximum Gasteiger partial charge on any atom is 0.308 e. The van der Waals surface area contributed by atoms with Crippen molar-refractivity contribution in [3.8, 4) is 5.75 Å². The summed E-state index contributed by atoms with van der Waals surface area (Å²) < 4.78 is 65.8. The predicted molar refractivity (Wildman–Crippen MR) is 137 cm³/mol. The lowest BCUT2D eigenvalue weighted by Gasteiger charge is -2.23. The first kappa shape index (κ1) is 30.6. The molecule has 1 amide bonds. The zero-order valence-electron chi connectivity index (χ0n) is 21.6. The van der Waals surface area contributed by atoms with E-state index in [0.717, 1.165) is 4.57 Å². The second kappa shape index (κ2) is 12.9. The van der Waals surface area contributed by atoms with Crippen LogP contribution < -0.4 is 15.6 Å². The number of nitrogens with zero attached hydrogens (tertiary/aromatic N) is 1. The maximum absolute atomic E-state index is 14.0. The minimum atomic E-state index is -1.87. The number of amides is 1. The third-order valence-electron chi connectivity index (χ3n) is 5.79. The number of carbonyl (C=O) groups is 3. The Balaban J connectivity index is 1.88. The van der Waals surface area contributed by atoms with Crippen molar-refractivity contribution in [2.75, 3.05) is 6.61 Å². The molecule has 3 aromatic rings. The third-order valence-corrected chi connectivity index (χ3v) is 6.03. The van der Waals surface area contributed by atoms with Crippen molar-refractivity contribution < 1.29 is 41.4 Å². The molecule has 2 atom stereocenters. The van der Waals surface area contributed by atoms with Crippen molar-refractivity contribution in [1.29, 1.82) is 0 Å². The molecule has 1 N–H and O–H groups in total. The van der Waals surface area contributed by atoms with Gasteiger partial charge in [0.25, 0.3) is 5.56 Å². The summed E-state index contributed by atoms with van der Waals surface area (Å²) in [5.74, 6) is -11.5. The van der Waals surface area contributed by atoms with Crippen molar-refractivity contribution in [1.82, 2.24) is 9.88 Å². The summed E-state index contributed by atoms with van der Waals surface area (Å²) in [7, 11) is 0. The number of aromatic nitrogens is 1. The van der Waals surface area contributed by atoms with E-state index in [-0.39, 0.29) is 17.9 Å². The SMILES string of the molecule is CCC(C(=O)N[C@@H](CC(=O)OC(C)C)C(=O)COc1c(F)c(F)cc(F)c1F)n1ccc2ccc(Cl)cc2c1=O. The summed E-state index contributed by atoms with van der Waals surface area (Å²) in [6.45, 7) is 3.54. The third kappa shape index (κ3) is 6.98. The monoisotopic (exact) mass is 584 g/mol. The Hall–Kier alpha value is -3.93. The Labute approximate surface area is 230 Å². The fourth-order valence-corrected chi connectivity index (χ4v) is 4.07. The van der Waals surface area contributed by atoms with Crippen LogP contribution in [0.3, 0.4) is 0 Å². The average Bonchev–Trinajstić information content (AvgIpc) is 2.88. The van der Waals surface area contributed by atoms with Crippen LogP contribution >= 0.6 is 11.6 Å². The van der Waals surface area contributed by atoms with Crippen LogP contribution in [0.2, 0.25) is 5.02 Å². The molecule has 1 aromatic heterocycles. The summed E-state index contributed by atoms with van der Waals surface area (Å²) in [5.41, 5.74) is -0.536. The lowest BCUT2D eigenvalue weighted by Crippen LogP contribution is -2.48. The predicted octanol–water partition coefficient (Wildman–Crippen LogP) is 4.64. The topological polar surface area (TPSA) is 104 Å². The van der Waals surface area contributed by atoms with Gasteiger partial charge < -0.3 is 19.4 Å². The van der Waals surface area contributed by atoms with Gasteiger partial charge in [0.05, 0.1) is 12.5 Å². The normalized spacial score (nSPS) is 12.7. The van der Waals surface area contributed by atoms with Crippen LogP contribution in [0, 0.1) is 23.3 Å². The molecule has 8 nitrogen and oxygen atoms in total. The van der Waals surface area contributed by atoms with E-state index in [9.17, 15) is 36.7 Å². The van der Waals surface area contributed by atoms with Gasteiger partial charge >= 0.3 is 5.97 Å². The highest BCUT2D eigenvalue weighted by Crippen LogP contribution is 2.26. The number of hydrogen-bond acceptors (Lipinski definition) is 6. The molecule has 3 rings (SSSR count). The molecule has 1 heterocycles. The van der Waals surface area contributed by atoms with E-state index in [1.807, 2.05) is 0 Å². The van der Waals surface area contributed by atoms with Crippen LogP contribution in [-0.4, -0.2) is 41.0 Å². The molecule has 40 heavy (non-hydrogen) atoms. The van der Waals surface area contributed by atoms with E-state index in [4.69, 9.17) is 21.1 Å². The summed E-state index contributed by atoms with van der Waals surface area (Å²) in [4.78, 5) is 51.6.